The van der Waals surface area contributed by atoms with Gasteiger partial charge in [-0.15, -0.1) is 0 Å². The van der Waals surface area contributed by atoms with Crippen LogP contribution in [0, 0.1) is 6.92 Å². The van der Waals surface area contributed by atoms with Crippen LogP contribution in [0.25, 0.3) is 16.7 Å². The summed E-state index contributed by atoms with van der Waals surface area (Å²) in [5.74, 6) is -0.00620. The van der Waals surface area contributed by atoms with Gasteiger partial charge in [0.15, 0.2) is 14.1 Å². The second-order valence-electron chi connectivity index (χ2n) is 11.6. The van der Waals surface area contributed by atoms with E-state index in [1.165, 1.54) is 0 Å². The summed E-state index contributed by atoms with van der Waals surface area (Å²) in [6.45, 7) is 13.3. The van der Waals surface area contributed by atoms with Gasteiger partial charge in [-0.05, 0) is 32.0 Å². The molecule has 11 heteroatoms. The lowest BCUT2D eigenvalue weighted by Crippen LogP contribution is -2.44. The maximum Gasteiger partial charge on any atom is 0.222 e. The molecular formula is C28H41N5O5Si. The topological polar surface area (TPSA) is 110 Å². The van der Waals surface area contributed by atoms with E-state index in [2.05, 4.69) is 44.2 Å². The van der Waals surface area contributed by atoms with Crippen LogP contribution in [0.1, 0.15) is 56.5 Å². The average molecular weight is 559 g/mol. The second-order valence-corrected chi connectivity index (χ2v) is 16.3. The number of nitrogens with zero attached hydrogens (tertiary/aromatic N) is 4. The number of nitrogens with one attached hydrogen (secondary N) is 1. The van der Waals surface area contributed by atoms with E-state index >= 15 is 0 Å². The molecule has 1 N–H and O–H groups in total. The number of aryl methyl sites for hydroxylation is 1. The number of anilines is 1. The van der Waals surface area contributed by atoms with Gasteiger partial charge >= 0.3 is 0 Å². The van der Waals surface area contributed by atoms with Crippen LogP contribution in [-0.2, 0) is 24.3 Å². The first kappa shape index (κ1) is 25.1. The molecule has 0 aliphatic carbocycles. The molecule has 0 aromatic carbocycles. The molecule has 3 aromatic heterocycles. The molecule has 0 bridgehead atoms. The number of fused-ring (bicyclic) bond motifs is 1. The van der Waals surface area contributed by atoms with Crippen LogP contribution in [0.2, 0.25) is 18.1 Å². The maximum atomic E-state index is 12.1. The summed E-state index contributed by atoms with van der Waals surface area (Å²) < 4.78 is 48.2. The van der Waals surface area contributed by atoms with Crippen LogP contribution < -0.4 is 10.1 Å². The maximum absolute atomic E-state index is 12.1. The van der Waals surface area contributed by atoms with E-state index in [-0.39, 0.29) is 17.0 Å². The van der Waals surface area contributed by atoms with Crippen LogP contribution in [-0.4, -0.2) is 67.0 Å². The molecule has 39 heavy (non-hydrogen) atoms. The summed E-state index contributed by atoms with van der Waals surface area (Å²) in [7, 11) is -0.354. The van der Waals surface area contributed by atoms with Crippen molar-refractivity contribution >= 4 is 30.9 Å². The second kappa shape index (κ2) is 11.0. The van der Waals surface area contributed by atoms with Crippen LogP contribution in [0.5, 0.6) is 5.75 Å². The normalized spacial score (nSPS) is 20.4. The quantitative estimate of drug-likeness (QED) is 0.360. The minimum absolute atomic E-state index is 0.0707. The van der Waals surface area contributed by atoms with Crippen molar-refractivity contribution in [3.8, 4) is 11.6 Å². The standard InChI is InChI=1S/C28H41N5O5Si/c1-18(38-39(8,9)27(4,5)6)16-37-21-12-24(28(35-7)10-11-36-17-28)31-26(13-21)33-23-14-25(30-20(3)34)29-15-22(23)19(2)32-33/h12-15,18H,10-11,16-17H2,1-9H3,(H,29,30,34)/t18-,28+/m1/s1/i3D3. The molecule has 0 saturated carbocycles. The molecule has 4 rings (SSSR count). The molecule has 1 aliphatic heterocycles. The Morgan fingerprint density at radius 2 is 2.10 bits per heavy atom. The van der Waals surface area contributed by atoms with Gasteiger partial charge in [-0.2, -0.15) is 5.10 Å². The fourth-order valence-corrected chi connectivity index (χ4v) is 5.80. The zero-order chi connectivity index (χ0) is 31.1. The van der Waals surface area contributed by atoms with Gasteiger partial charge in [-0.25, -0.2) is 14.6 Å². The smallest absolute Gasteiger partial charge is 0.222 e. The predicted molar refractivity (Wildman–Crippen MR) is 153 cm³/mol. The van der Waals surface area contributed by atoms with Gasteiger partial charge in [-0.1, -0.05) is 20.8 Å². The number of hydrogen-bond acceptors (Lipinski definition) is 8. The van der Waals surface area contributed by atoms with E-state index in [9.17, 15) is 4.79 Å². The number of aromatic nitrogens is 4. The van der Waals surface area contributed by atoms with Crippen LogP contribution >= 0.6 is 0 Å². The Morgan fingerprint density at radius 3 is 2.74 bits per heavy atom. The van der Waals surface area contributed by atoms with Gasteiger partial charge in [0.25, 0.3) is 0 Å². The van der Waals surface area contributed by atoms with Crippen LogP contribution in [0.3, 0.4) is 0 Å². The van der Waals surface area contributed by atoms with Crippen molar-refractivity contribution in [2.75, 3.05) is 32.2 Å². The Morgan fingerprint density at radius 1 is 1.33 bits per heavy atom. The zero-order valence-corrected chi connectivity index (χ0v) is 25.0. The summed E-state index contributed by atoms with van der Waals surface area (Å²) in [6.07, 6.45) is 2.03. The van der Waals surface area contributed by atoms with Crippen molar-refractivity contribution < 1.29 is 27.5 Å². The van der Waals surface area contributed by atoms with Crippen molar-refractivity contribution in [1.29, 1.82) is 0 Å². The van der Waals surface area contributed by atoms with Crippen molar-refractivity contribution in [2.45, 2.75) is 77.7 Å². The number of methoxy groups -OCH3 is 1. The van der Waals surface area contributed by atoms with E-state index in [0.717, 1.165) is 5.39 Å². The third-order valence-corrected chi connectivity index (χ3v) is 12.2. The summed E-state index contributed by atoms with van der Waals surface area (Å²) in [5, 5.41) is 7.85. The molecule has 10 nitrogen and oxygen atoms in total. The molecule has 1 fully saturated rings. The Kier molecular flexibility index (Phi) is 7.06. The van der Waals surface area contributed by atoms with Crippen molar-refractivity contribution in [2.24, 2.45) is 0 Å². The van der Waals surface area contributed by atoms with Gasteiger partial charge in [0, 0.05) is 60.9 Å². The lowest BCUT2D eigenvalue weighted by atomic mass is 9.97. The number of ether oxygens (including phenoxy) is 3. The molecule has 4 heterocycles. The van der Waals surface area contributed by atoms with Gasteiger partial charge in [0.05, 0.1) is 29.6 Å². The van der Waals surface area contributed by atoms with Gasteiger partial charge < -0.3 is 24.0 Å². The molecule has 2 atom stereocenters. The van der Waals surface area contributed by atoms with E-state index < -0.39 is 26.7 Å². The van der Waals surface area contributed by atoms with E-state index in [4.69, 9.17) is 32.8 Å². The van der Waals surface area contributed by atoms with E-state index in [1.54, 1.807) is 30.1 Å². The number of rotatable bonds is 9. The highest BCUT2D eigenvalue weighted by Gasteiger charge is 2.40. The minimum atomic E-state index is -2.81. The lowest BCUT2D eigenvalue weighted by molar-refractivity contribution is -0.114. The monoisotopic (exact) mass is 558 g/mol. The highest BCUT2D eigenvalue weighted by Crippen LogP contribution is 2.38. The summed E-state index contributed by atoms with van der Waals surface area (Å²) >= 11 is 0. The third-order valence-electron chi connectivity index (χ3n) is 7.62. The van der Waals surface area contributed by atoms with Crippen molar-refractivity contribution in [3.63, 3.8) is 0 Å². The Balaban J connectivity index is 1.74. The average Bonchev–Trinajstić information content (AvgIpc) is 3.51. The lowest BCUT2D eigenvalue weighted by Gasteiger charge is -2.38. The molecule has 0 radical (unpaired) electrons. The summed E-state index contributed by atoms with van der Waals surface area (Å²) in [6, 6.07) is 5.23. The van der Waals surface area contributed by atoms with E-state index in [0.29, 0.717) is 54.7 Å². The number of pyridine rings is 2. The first-order valence-electron chi connectivity index (χ1n) is 14.6. The number of hydrogen-bond donors (Lipinski definition) is 1. The van der Waals surface area contributed by atoms with Crippen LogP contribution in [0.15, 0.2) is 24.4 Å². The Labute approximate surface area is 235 Å². The minimum Gasteiger partial charge on any atom is -0.491 e. The first-order valence-corrected chi connectivity index (χ1v) is 16.0. The molecule has 1 saturated heterocycles. The predicted octanol–water partition coefficient (Wildman–Crippen LogP) is 5.13. The molecule has 212 valence electrons. The molecule has 0 spiro atoms. The molecular weight excluding hydrogens is 514 g/mol. The highest BCUT2D eigenvalue weighted by atomic mass is 28.4. The summed E-state index contributed by atoms with van der Waals surface area (Å²) in [4.78, 5) is 21.3. The zero-order valence-electron chi connectivity index (χ0n) is 27.0. The molecule has 1 amide bonds. The van der Waals surface area contributed by atoms with Crippen LogP contribution in [0.4, 0.5) is 5.82 Å². The van der Waals surface area contributed by atoms with Gasteiger partial charge in [0.2, 0.25) is 5.91 Å². The fraction of sp³-hybridized carbons (Fsp3) is 0.571. The number of amides is 1. The summed E-state index contributed by atoms with van der Waals surface area (Å²) in [5.41, 5.74) is 1.15. The van der Waals surface area contributed by atoms with E-state index in [1.807, 2.05) is 19.9 Å². The molecule has 3 aromatic rings. The third kappa shape index (κ3) is 6.16. The fourth-order valence-electron chi connectivity index (χ4n) is 4.37. The Hall–Kier alpha value is -2.86. The van der Waals surface area contributed by atoms with Crippen molar-refractivity contribution in [3.05, 3.63) is 35.8 Å². The van der Waals surface area contributed by atoms with Crippen molar-refractivity contribution in [1.82, 2.24) is 19.7 Å². The van der Waals surface area contributed by atoms with Gasteiger partial charge in [0.1, 0.15) is 23.8 Å². The number of carbonyl (C=O) groups excluding carboxylic acids is 1. The Bertz CT molecular complexity index is 1450. The highest BCUT2D eigenvalue weighted by molar-refractivity contribution is 6.74. The molecule has 1 aliphatic rings. The number of carbonyl (C=O) groups is 1. The van der Waals surface area contributed by atoms with Gasteiger partial charge in [-0.3, -0.25) is 4.79 Å². The largest absolute Gasteiger partial charge is 0.491 e. The SMILES string of the molecule is [2H]C([2H])([2H])C(=O)Nc1cc2c(cn1)c(C)nn2-c1cc(OC[C@@H](C)O[Si](C)(C)C(C)(C)C)cc([C@]2(OC)CCOC2)n1. The molecule has 0 unspecified atom stereocenters. The first-order chi connectivity index (χ1) is 19.5.